The number of amides is 1. The van der Waals surface area contributed by atoms with Crippen molar-refractivity contribution in [3.8, 4) is 5.82 Å². The Kier molecular flexibility index (Phi) is 4.63. The van der Waals surface area contributed by atoms with E-state index in [1.807, 2.05) is 0 Å². The molecule has 8 nitrogen and oxygen atoms in total. The Morgan fingerprint density at radius 2 is 2.04 bits per heavy atom. The fourth-order valence-electron chi connectivity index (χ4n) is 2.67. The highest BCUT2D eigenvalue weighted by molar-refractivity contribution is 7.88. The lowest BCUT2D eigenvalue weighted by molar-refractivity contribution is 0.0923. The molecule has 1 saturated heterocycles. The van der Waals surface area contributed by atoms with Crippen LogP contribution in [0, 0.1) is 0 Å². The summed E-state index contributed by atoms with van der Waals surface area (Å²) in [5.74, 6) is 0.489. The van der Waals surface area contributed by atoms with Crippen LogP contribution in [0.25, 0.3) is 5.82 Å². The van der Waals surface area contributed by atoms with Crippen molar-refractivity contribution in [3.63, 3.8) is 0 Å². The van der Waals surface area contributed by atoms with Crippen LogP contribution in [0.2, 0.25) is 0 Å². The maximum atomic E-state index is 12.3. The number of nitrogens with one attached hydrogen (secondary N) is 1. The van der Waals surface area contributed by atoms with Crippen LogP contribution in [-0.4, -0.2) is 58.6 Å². The third-order valence-electron chi connectivity index (χ3n) is 4.04. The lowest BCUT2D eigenvalue weighted by atomic mass is 10.1. The number of pyridine rings is 1. The first-order chi connectivity index (χ1) is 11.4. The Balaban J connectivity index is 1.58. The van der Waals surface area contributed by atoms with Crippen LogP contribution in [0.15, 0.2) is 37.1 Å². The Morgan fingerprint density at radius 1 is 1.29 bits per heavy atom. The van der Waals surface area contributed by atoms with Gasteiger partial charge >= 0.3 is 0 Å². The Morgan fingerprint density at radius 3 is 2.58 bits per heavy atom. The minimum atomic E-state index is -3.15. The third-order valence-corrected chi connectivity index (χ3v) is 5.34. The van der Waals surface area contributed by atoms with Crippen LogP contribution in [0.1, 0.15) is 23.2 Å². The number of piperidine rings is 1. The van der Waals surface area contributed by atoms with Gasteiger partial charge in [-0.1, -0.05) is 0 Å². The molecule has 0 bridgehead atoms. The van der Waals surface area contributed by atoms with Gasteiger partial charge < -0.3 is 5.32 Å². The Bertz CT molecular complexity index is 794. The summed E-state index contributed by atoms with van der Waals surface area (Å²) in [6, 6.07) is 3.44. The number of imidazole rings is 1. The molecule has 24 heavy (non-hydrogen) atoms. The van der Waals surface area contributed by atoms with Gasteiger partial charge in [0.15, 0.2) is 0 Å². The van der Waals surface area contributed by atoms with E-state index in [4.69, 9.17) is 0 Å². The first-order valence-corrected chi connectivity index (χ1v) is 9.49. The molecule has 1 amide bonds. The molecular weight excluding hydrogens is 330 g/mol. The molecule has 0 spiro atoms. The molecule has 128 valence electrons. The number of hydrogen-bond donors (Lipinski definition) is 1. The van der Waals surface area contributed by atoms with Gasteiger partial charge in [0.1, 0.15) is 12.1 Å². The van der Waals surface area contributed by atoms with Gasteiger partial charge in [-0.3, -0.25) is 9.36 Å². The van der Waals surface area contributed by atoms with Crippen molar-refractivity contribution in [3.05, 3.63) is 42.6 Å². The van der Waals surface area contributed by atoms with Gasteiger partial charge in [-0.2, -0.15) is 0 Å². The van der Waals surface area contributed by atoms with Crippen molar-refractivity contribution in [2.75, 3.05) is 19.3 Å². The van der Waals surface area contributed by atoms with Gasteiger partial charge in [-0.05, 0) is 25.0 Å². The molecule has 2 aromatic rings. The standard InChI is InChI=1S/C15H19N5O3S/c1-24(22,23)20-7-4-13(5-8-20)18-15(21)12-2-3-14(17-10-12)19-9-6-16-11-19/h2-3,6,9-11,13H,4-5,7-8H2,1H3,(H,18,21). The summed E-state index contributed by atoms with van der Waals surface area (Å²) in [7, 11) is -3.15. The summed E-state index contributed by atoms with van der Waals surface area (Å²) < 4.78 is 26.2. The molecule has 0 aliphatic carbocycles. The van der Waals surface area contributed by atoms with Crippen molar-refractivity contribution >= 4 is 15.9 Å². The molecule has 9 heteroatoms. The smallest absolute Gasteiger partial charge is 0.253 e. The number of nitrogens with zero attached hydrogens (tertiary/aromatic N) is 4. The van der Waals surface area contributed by atoms with Crippen molar-refractivity contribution in [2.24, 2.45) is 0 Å². The van der Waals surface area contributed by atoms with Crippen LogP contribution in [0.4, 0.5) is 0 Å². The van der Waals surface area contributed by atoms with Gasteiger partial charge in [-0.15, -0.1) is 0 Å². The zero-order valence-corrected chi connectivity index (χ0v) is 14.1. The Hall–Kier alpha value is -2.26. The van der Waals surface area contributed by atoms with Crippen LogP contribution in [0.3, 0.4) is 0 Å². The number of aromatic nitrogens is 3. The number of hydrogen-bond acceptors (Lipinski definition) is 5. The van der Waals surface area contributed by atoms with E-state index >= 15 is 0 Å². The van der Waals surface area contributed by atoms with Crippen LogP contribution < -0.4 is 5.32 Å². The van der Waals surface area contributed by atoms with E-state index in [0.29, 0.717) is 37.3 Å². The molecule has 3 rings (SSSR count). The van der Waals surface area contributed by atoms with Crippen LogP contribution in [-0.2, 0) is 10.0 Å². The number of carbonyl (C=O) groups excluding carboxylic acids is 1. The molecule has 3 heterocycles. The summed E-state index contributed by atoms with van der Waals surface area (Å²) in [4.78, 5) is 20.5. The summed E-state index contributed by atoms with van der Waals surface area (Å²) in [6.07, 6.45) is 9.02. The van der Waals surface area contributed by atoms with E-state index in [0.717, 1.165) is 0 Å². The van der Waals surface area contributed by atoms with Crippen LogP contribution >= 0.6 is 0 Å². The van der Waals surface area contributed by atoms with Gasteiger partial charge in [0.25, 0.3) is 5.91 Å². The normalized spacial score (nSPS) is 16.9. The van der Waals surface area contributed by atoms with Gasteiger partial charge in [0.05, 0.1) is 11.8 Å². The van der Waals surface area contributed by atoms with E-state index in [2.05, 4.69) is 15.3 Å². The molecule has 0 unspecified atom stereocenters. The zero-order chi connectivity index (χ0) is 17.2. The van der Waals surface area contributed by atoms with Gasteiger partial charge in [0.2, 0.25) is 10.0 Å². The summed E-state index contributed by atoms with van der Waals surface area (Å²) in [5, 5.41) is 2.94. The molecule has 0 atom stereocenters. The molecule has 0 aromatic carbocycles. The van der Waals surface area contributed by atoms with Crippen molar-refractivity contribution in [1.29, 1.82) is 0 Å². The molecule has 1 fully saturated rings. The summed E-state index contributed by atoms with van der Waals surface area (Å²) in [5.41, 5.74) is 0.476. The molecule has 2 aromatic heterocycles. The van der Waals surface area contributed by atoms with E-state index in [-0.39, 0.29) is 11.9 Å². The number of sulfonamides is 1. The lowest BCUT2D eigenvalue weighted by Gasteiger charge is -2.30. The highest BCUT2D eigenvalue weighted by atomic mass is 32.2. The quantitative estimate of drug-likeness (QED) is 0.863. The average molecular weight is 349 g/mol. The van der Waals surface area contributed by atoms with Gasteiger partial charge in [0, 0.05) is 37.7 Å². The van der Waals surface area contributed by atoms with Crippen LogP contribution in [0.5, 0.6) is 0 Å². The largest absolute Gasteiger partial charge is 0.349 e. The van der Waals surface area contributed by atoms with E-state index in [9.17, 15) is 13.2 Å². The number of rotatable bonds is 4. The second kappa shape index (κ2) is 6.70. The maximum Gasteiger partial charge on any atom is 0.253 e. The summed E-state index contributed by atoms with van der Waals surface area (Å²) >= 11 is 0. The monoisotopic (exact) mass is 349 g/mol. The van der Waals surface area contributed by atoms with E-state index in [1.54, 1.807) is 35.4 Å². The SMILES string of the molecule is CS(=O)(=O)N1CCC(NC(=O)c2ccc(-n3ccnc3)nc2)CC1. The minimum absolute atomic E-state index is 0.0242. The predicted octanol–water partition coefficient (Wildman–Crippen LogP) is 0.421. The first-order valence-electron chi connectivity index (χ1n) is 7.64. The first kappa shape index (κ1) is 16.6. The zero-order valence-electron chi connectivity index (χ0n) is 13.3. The van der Waals surface area contributed by atoms with Crippen molar-refractivity contribution in [2.45, 2.75) is 18.9 Å². The fraction of sp³-hybridized carbons (Fsp3) is 0.400. The molecule has 0 radical (unpaired) electrons. The number of carbonyl (C=O) groups is 1. The minimum Gasteiger partial charge on any atom is -0.349 e. The molecule has 1 aliphatic heterocycles. The molecule has 0 saturated carbocycles. The van der Waals surface area contributed by atoms with Crippen molar-refractivity contribution in [1.82, 2.24) is 24.2 Å². The highest BCUT2D eigenvalue weighted by Gasteiger charge is 2.25. The van der Waals surface area contributed by atoms with Gasteiger partial charge in [-0.25, -0.2) is 22.7 Å². The van der Waals surface area contributed by atoms with E-state index < -0.39 is 10.0 Å². The third kappa shape index (κ3) is 3.80. The average Bonchev–Trinajstić information content (AvgIpc) is 3.09. The van der Waals surface area contributed by atoms with E-state index in [1.165, 1.54) is 16.8 Å². The Labute approximate surface area is 140 Å². The molecule has 1 aliphatic rings. The highest BCUT2D eigenvalue weighted by Crippen LogP contribution is 2.14. The van der Waals surface area contributed by atoms with Crippen molar-refractivity contribution < 1.29 is 13.2 Å². The summed E-state index contributed by atoms with van der Waals surface area (Å²) in [6.45, 7) is 0.864. The molecule has 1 N–H and O–H groups in total. The topological polar surface area (TPSA) is 97.2 Å². The second-order valence-corrected chi connectivity index (χ2v) is 7.77. The fourth-order valence-corrected chi connectivity index (χ4v) is 3.54. The lowest BCUT2D eigenvalue weighted by Crippen LogP contribution is -2.46. The predicted molar refractivity (Wildman–Crippen MR) is 88.3 cm³/mol. The second-order valence-electron chi connectivity index (χ2n) is 5.78. The molecular formula is C15H19N5O3S. The maximum absolute atomic E-state index is 12.3.